The fraction of sp³-hybridized carbons (Fsp3) is 0.235. The first-order chi connectivity index (χ1) is 22.4. The lowest BCUT2D eigenvalue weighted by Gasteiger charge is -2.18. The first-order valence-electron chi connectivity index (χ1n) is 14.7. The minimum atomic E-state index is -0.928. The standard InChI is InChI=1S/C17H15BClNO3.C10H13BO3.C7H3ClFN/c1-10(2)16-15(6-4-12-9-22-18(21)17(12)16)23-14-5-3-11(8-20)7-13(14)19;1-6(2)9-8(12)4-3-7-5-14-11(13)10(7)9;1-10-5-2-3-7(9)6(8)4-5/h3-7,10,21H,9H2,1-2H3;3-4,6,12-13H,5H2,1-2H3;2-4H. The molecule has 0 amide bonds. The van der Waals surface area contributed by atoms with Gasteiger partial charge in [0.25, 0.3) is 0 Å². The first-order valence-corrected chi connectivity index (χ1v) is 15.4. The summed E-state index contributed by atoms with van der Waals surface area (Å²) in [5.41, 5.74) is 6.01. The van der Waals surface area contributed by atoms with Crippen LogP contribution in [0.1, 0.15) is 67.3 Å². The lowest BCUT2D eigenvalue weighted by atomic mass is 9.73. The summed E-state index contributed by atoms with van der Waals surface area (Å²) < 4.78 is 28.8. The Labute approximate surface area is 284 Å². The van der Waals surface area contributed by atoms with E-state index in [1.165, 1.54) is 18.2 Å². The van der Waals surface area contributed by atoms with E-state index in [1.807, 2.05) is 45.9 Å². The number of rotatable bonds is 4. The zero-order valence-corrected chi connectivity index (χ0v) is 27.6. The van der Waals surface area contributed by atoms with Crippen LogP contribution in [0.4, 0.5) is 10.1 Å². The van der Waals surface area contributed by atoms with Crippen molar-refractivity contribution in [1.82, 2.24) is 0 Å². The number of fused-ring (bicyclic) bond motifs is 2. The molecule has 0 unspecified atom stereocenters. The lowest BCUT2D eigenvalue weighted by molar-refractivity contribution is 0.275. The van der Waals surface area contributed by atoms with Crippen LogP contribution in [0.15, 0.2) is 60.7 Å². The number of benzene rings is 4. The predicted molar refractivity (Wildman–Crippen MR) is 181 cm³/mol. The average Bonchev–Trinajstić information content (AvgIpc) is 3.61. The molecule has 0 saturated heterocycles. The molecule has 2 heterocycles. The van der Waals surface area contributed by atoms with Crippen molar-refractivity contribution in [2.24, 2.45) is 0 Å². The molecule has 0 aromatic heterocycles. The number of hydrogen-bond acceptors (Lipinski definition) is 7. The summed E-state index contributed by atoms with van der Waals surface area (Å²) in [6.45, 7) is 15.4. The predicted octanol–water partition coefficient (Wildman–Crippen LogP) is 7.11. The quantitative estimate of drug-likeness (QED) is 0.156. The summed E-state index contributed by atoms with van der Waals surface area (Å²) in [5, 5.41) is 38.7. The van der Waals surface area contributed by atoms with Crippen LogP contribution in [0.2, 0.25) is 10.0 Å². The van der Waals surface area contributed by atoms with Crippen LogP contribution in [0.5, 0.6) is 17.2 Å². The van der Waals surface area contributed by atoms with E-state index in [-0.39, 0.29) is 22.6 Å². The summed E-state index contributed by atoms with van der Waals surface area (Å²) >= 11 is 11.6. The lowest BCUT2D eigenvalue weighted by Crippen LogP contribution is -2.32. The van der Waals surface area contributed by atoms with E-state index in [0.717, 1.165) is 33.2 Å². The molecule has 0 saturated carbocycles. The Morgan fingerprint density at radius 3 is 1.96 bits per heavy atom. The molecule has 4 aromatic carbocycles. The van der Waals surface area contributed by atoms with E-state index in [0.29, 0.717) is 41.0 Å². The molecule has 13 heteroatoms. The maximum Gasteiger partial charge on any atom is 0.492 e. The topological polar surface area (TPSA) is 117 Å². The molecule has 0 atom stereocenters. The summed E-state index contributed by atoms with van der Waals surface area (Å²) in [6.07, 6.45) is 0. The summed E-state index contributed by atoms with van der Waals surface area (Å²) in [4.78, 5) is 3.07. The van der Waals surface area contributed by atoms with Gasteiger partial charge in [0.05, 0.1) is 41.5 Å². The highest BCUT2D eigenvalue weighted by molar-refractivity contribution is 6.62. The first kappa shape index (κ1) is 35.8. The molecule has 8 nitrogen and oxygen atoms in total. The van der Waals surface area contributed by atoms with Gasteiger partial charge in [-0.1, -0.05) is 69.1 Å². The van der Waals surface area contributed by atoms with E-state index in [4.69, 9.17) is 49.1 Å². The number of nitriles is 1. The number of halogens is 3. The molecule has 0 spiro atoms. The van der Waals surface area contributed by atoms with Gasteiger partial charge in [-0.15, -0.1) is 0 Å². The second kappa shape index (κ2) is 15.7. The van der Waals surface area contributed by atoms with Crippen LogP contribution in [0.3, 0.4) is 0 Å². The van der Waals surface area contributed by atoms with Crippen LogP contribution in [-0.4, -0.2) is 29.4 Å². The Hall–Kier alpha value is -4.06. The molecule has 2 aliphatic heterocycles. The third-order valence-corrected chi connectivity index (χ3v) is 8.03. The molecule has 2 aliphatic rings. The molecule has 3 N–H and O–H groups in total. The molecular formula is C34H31B2Cl2FN2O6. The average molecular weight is 675 g/mol. The summed E-state index contributed by atoms with van der Waals surface area (Å²) in [7, 11) is -1.81. The smallest absolute Gasteiger partial charge is 0.492 e. The van der Waals surface area contributed by atoms with Crippen LogP contribution in [0, 0.1) is 23.7 Å². The largest absolute Gasteiger partial charge is 0.508 e. The van der Waals surface area contributed by atoms with Crippen molar-refractivity contribution >= 4 is 54.1 Å². The zero-order valence-electron chi connectivity index (χ0n) is 26.1. The van der Waals surface area contributed by atoms with Gasteiger partial charge in [0.2, 0.25) is 0 Å². The zero-order chi connectivity index (χ0) is 34.4. The fourth-order valence-corrected chi connectivity index (χ4v) is 5.68. The maximum absolute atomic E-state index is 12.4. The summed E-state index contributed by atoms with van der Waals surface area (Å²) in [6, 6.07) is 18.0. The Morgan fingerprint density at radius 1 is 0.851 bits per heavy atom. The highest BCUT2D eigenvalue weighted by Gasteiger charge is 2.34. The molecule has 0 radical (unpaired) electrons. The van der Waals surface area contributed by atoms with Crippen LogP contribution >= 0.6 is 23.2 Å². The second-order valence-corrected chi connectivity index (χ2v) is 12.1. The van der Waals surface area contributed by atoms with E-state index >= 15 is 0 Å². The molecule has 0 fully saturated rings. The van der Waals surface area contributed by atoms with Crippen LogP contribution in [-0.2, 0) is 22.5 Å². The van der Waals surface area contributed by atoms with Crippen LogP contribution < -0.4 is 15.7 Å². The van der Waals surface area contributed by atoms with E-state index in [1.54, 1.807) is 30.3 Å². The minimum absolute atomic E-state index is 0.00602. The number of nitrogens with zero attached hydrogens (tertiary/aromatic N) is 2. The molecule has 6 rings (SSSR count). The highest BCUT2D eigenvalue weighted by atomic mass is 35.5. The van der Waals surface area contributed by atoms with Gasteiger partial charge < -0.3 is 29.2 Å². The number of phenols is 1. The van der Waals surface area contributed by atoms with Crippen molar-refractivity contribution in [3.8, 4) is 23.3 Å². The minimum Gasteiger partial charge on any atom is -0.508 e. The van der Waals surface area contributed by atoms with Gasteiger partial charge in [0, 0.05) is 0 Å². The number of phenolic OH excluding ortho intramolecular Hbond substituents is 1. The number of ether oxygens (including phenoxy) is 1. The normalized spacial score (nSPS) is 12.8. The van der Waals surface area contributed by atoms with Crippen LogP contribution in [0.25, 0.3) is 4.85 Å². The SMILES string of the molecule is CC(C)c1c(O)ccc2c1B(O)OC2.CC(C)c1c(Oc2ccc(C#N)cc2Cl)ccc2c1B(O)OC2.[C-]#[N+]c1ccc(F)c(Cl)c1. The van der Waals surface area contributed by atoms with Gasteiger partial charge in [-0.05, 0) is 87.5 Å². The molecule has 47 heavy (non-hydrogen) atoms. The van der Waals surface area contributed by atoms with E-state index < -0.39 is 20.1 Å². The third-order valence-electron chi connectivity index (χ3n) is 7.45. The highest BCUT2D eigenvalue weighted by Crippen LogP contribution is 2.35. The van der Waals surface area contributed by atoms with Crippen molar-refractivity contribution in [3.05, 3.63) is 116 Å². The van der Waals surface area contributed by atoms with Crippen molar-refractivity contribution in [3.63, 3.8) is 0 Å². The van der Waals surface area contributed by atoms with Gasteiger partial charge in [-0.25, -0.2) is 9.24 Å². The molecule has 240 valence electrons. The Bertz CT molecular complexity index is 1860. The summed E-state index contributed by atoms with van der Waals surface area (Å²) in [5.74, 6) is 1.18. The van der Waals surface area contributed by atoms with E-state index in [2.05, 4.69) is 4.85 Å². The Kier molecular flexibility index (Phi) is 11.9. The Balaban J connectivity index is 0.000000177. The molecular weight excluding hydrogens is 644 g/mol. The Morgan fingerprint density at radius 2 is 1.43 bits per heavy atom. The molecule has 0 bridgehead atoms. The maximum atomic E-state index is 12.4. The van der Waals surface area contributed by atoms with E-state index in [9.17, 15) is 19.5 Å². The van der Waals surface area contributed by atoms with Gasteiger partial charge >= 0.3 is 14.2 Å². The van der Waals surface area contributed by atoms with Crippen molar-refractivity contribution in [2.75, 3.05) is 0 Å². The van der Waals surface area contributed by atoms with Gasteiger partial charge in [-0.3, -0.25) is 0 Å². The van der Waals surface area contributed by atoms with Gasteiger partial charge in [0.15, 0.2) is 5.69 Å². The van der Waals surface area contributed by atoms with Gasteiger partial charge in [-0.2, -0.15) is 5.26 Å². The van der Waals surface area contributed by atoms with Gasteiger partial charge in [0.1, 0.15) is 23.1 Å². The van der Waals surface area contributed by atoms with Crippen molar-refractivity contribution < 1.29 is 33.6 Å². The monoisotopic (exact) mass is 674 g/mol. The van der Waals surface area contributed by atoms with Crippen molar-refractivity contribution in [2.45, 2.75) is 52.7 Å². The molecule has 4 aromatic rings. The number of aromatic hydroxyl groups is 1. The third kappa shape index (κ3) is 8.27. The fourth-order valence-electron chi connectivity index (χ4n) is 5.29. The second-order valence-electron chi connectivity index (χ2n) is 11.3. The van der Waals surface area contributed by atoms with Crippen molar-refractivity contribution in [1.29, 1.82) is 5.26 Å². The number of hydrogen-bond donors (Lipinski definition) is 3. The molecule has 0 aliphatic carbocycles.